The predicted octanol–water partition coefficient (Wildman–Crippen LogP) is 0.125. The summed E-state index contributed by atoms with van der Waals surface area (Å²) in [5, 5.41) is 8.99. The maximum atomic E-state index is 8.99. The first-order valence-corrected chi connectivity index (χ1v) is 4.11. The van der Waals surface area contributed by atoms with E-state index in [2.05, 4.69) is 4.98 Å². The number of aliphatic hydroxyl groups is 1. The molecule has 0 aliphatic rings. The summed E-state index contributed by atoms with van der Waals surface area (Å²) in [7, 11) is 1.58. The molecule has 0 saturated carbocycles. The molecule has 4 heteroatoms. The molecule has 4 nitrogen and oxygen atoms in total. The summed E-state index contributed by atoms with van der Waals surface area (Å²) in [5.74, 6) is 0.631. The number of ether oxygens (including phenoxy) is 1. The van der Waals surface area contributed by atoms with E-state index in [4.69, 9.17) is 15.6 Å². The van der Waals surface area contributed by atoms with E-state index >= 15 is 0 Å². The second kappa shape index (κ2) is 4.79. The first kappa shape index (κ1) is 9.95. The molecule has 0 aliphatic heterocycles. The highest BCUT2D eigenvalue weighted by atomic mass is 16.5. The van der Waals surface area contributed by atoms with Crippen molar-refractivity contribution in [2.24, 2.45) is 5.73 Å². The number of hydrogen-bond acceptors (Lipinski definition) is 4. The van der Waals surface area contributed by atoms with Crippen LogP contribution >= 0.6 is 0 Å². The lowest BCUT2D eigenvalue weighted by molar-refractivity contribution is 0.267. The minimum Gasteiger partial charge on any atom is -0.495 e. The van der Waals surface area contributed by atoms with Gasteiger partial charge in [-0.15, -0.1) is 0 Å². The first-order valence-electron chi connectivity index (χ1n) is 4.11. The fraction of sp³-hybridized carbons (Fsp3) is 0.444. The van der Waals surface area contributed by atoms with Crippen LogP contribution in [0.4, 0.5) is 0 Å². The summed E-state index contributed by atoms with van der Waals surface area (Å²) in [6, 6.07) is 1.83. The van der Waals surface area contributed by atoms with Crippen LogP contribution in [-0.4, -0.2) is 30.4 Å². The van der Waals surface area contributed by atoms with Crippen molar-refractivity contribution in [1.82, 2.24) is 4.98 Å². The molecule has 0 saturated heterocycles. The molecule has 1 rings (SSSR count). The standard InChI is InChI=1S/C9H14N2O2/c1-13-9-2-7(4-11-5-9)8(3-10)6-12/h2,4-5,8,12H,3,6,10H2,1H3. The third-order valence-electron chi connectivity index (χ3n) is 1.95. The average molecular weight is 182 g/mol. The third-order valence-corrected chi connectivity index (χ3v) is 1.95. The number of nitrogens with zero attached hydrogens (tertiary/aromatic N) is 1. The molecule has 0 bridgehead atoms. The number of aliphatic hydroxyl groups excluding tert-OH is 1. The number of methoxy groups -OCH3 is 1. The van der Waals surface area contributed by atoms with Gasteiger partial charge >= 0.3 is 0 Å². The van der Waals surface area contributed by atoms with Gasteiger partial charge in [0.15, 0.2) is 0 Å². The second-order valence-corrected chi connectivity index (χ2v) is 2.77. The molecule has 1 aromatic heterocycles. The SMILES string of the molecule is COc1cncc(C(CN)CO)c1. The fourth-order valence-electron chi connectivity index (χ4n) is 1.09. The van der Waals surface area contributed by atoms with Gasteiger partial charge in [0.1, 0.15) is 5.75 Å². The van der Waals surface area contributed by atoms with Crippen molar-refractivity contribution >= 4 is 0 Å². The van der Waals surface area contributed by atoms with Crippen LogP contribution in [0, 0.1) is 0 Å². The minimum absolute atomic E-state index is 0.0331. The summed E-state index contributed by atoms with van der Waals surface area (Å²) in [6.45, 7) is 0.441. The highest BCUT2D eigenvalue weighted by molar-refractivity contribution is 5.26. The van der Waals surface area contributed by atoms with Gasteiger partial charge in [0.05, 0.1) is 19.9 Å². The van der Waals surface area contributed by atoms with Crippen molar-refractivity contribution in [1.29, 1.82) is 0 Å². The van der Waals surface area contributed by atoms with Crippen LogP contribution in [0.2, 0.25) is 0 Å². The van der Waals surface area contributed by atoms with E-state index in [0.29, 0.717) is 12.3 Å². The van der Waals surface area contributed by atoms with E-state index in [-0.39, 0.29) is 12.5 Å². The lowest BCUT2D eigenvalue weighted by atomic mass is 10.0. The number of hydrogen-bond donors (Lipinski definition) is 2. The Balaban J connectivity index is 2.86. The Morgan fingerprint density at radius 2 is 2.38 bits per heavy atom. The van der Waals surface area contributed by atoms with Crippen LogP contribution in [0.3, 0.4) is 0 Å². The Morgan fingerprint density at radius 1 is 1.62 bits per heavy atom. The van der Waals surface area contributed by atoms with Crippen LogP contribution in [0.15, 0.2) is 18.5 Å². The topological polar surface area (TPSA) is 68.4 Å². The Hall–Kier alpha value is -1.13. The van der Waals surface area contributed by atoms with Gasteiger partial charge in [-0.25, -0.2) is 0 Å². The molecule has 1 heterocycles. The average Bonchev–Trinajstić information content (AvgIpc) is 2.20. The fourth-order valence-corrected chi connectivity index (χ4v) is 1.09. The van der Waals surface area contributed by atoms with Crippen LogP contribution in [0.1, 0.15) is 11.5 Å². The monoisotopic (exact) mass is 182 g/mol. The van der Waals surface area contributed by atoms with E-state index in [0.717, 1.165) is 5.56 Å². The second-order valence-electron chi connectivity index (χ2n) is 2.77. The molecule has 0 amide bonds. The van der Waals surface area contributed by atoms with Crippen LogP contribution in [-0.2, 0) is 0 Å². The van der Waals surface area contributed by atoms with E-state index < -0.39 is 0 Å². The zero-order valence-electron chi connectivity index (χ0n) is 7.60. The van der Waals surface area contributed by atoms with Crippen molar-refractivity contribution in [2.75, 3.05) is 20.3 Å². The maximum Gasteiger partial charge on any atom is 0.137 e. The van der Waals surface area contributed by atoms with Crippen LogP contribution in [0.25, 0.3) is 0 Å². The highest BCUT2D eigenvalue weighted by Crippen LogP contribution is 2.17. The molecule has 0 spiro atoms. The smallest absolute Gasteiger partial charge is 0.137 e. The van der Waals surface area contributed by atoms with E-state index in [1.165, 1.54) is 0 Å². The normalized spacial score (nSPS) is 12.5. The number of nitrogens with two attached hydrogens (primary N) is 1. The van der Waals surface area contributed by atoms with E-state index in [1.807, 2.05) is 6.07 Å². The Bertz CT molecular complexity index is 262. The quantitative estimate of drug-likeness (QED) is 0.694. The van der Waals surface area contributed by atoms with Crippen molar-refractivity contribution in [3.63, 3.8) is 0 Å². The van der Waals surface area contributed by atoms with Crippen LogP contribution < -0.4 is 10.5 Å². The zero-order valence-corrected chi connectivity index (χ0v) is 7.60. The first-order chi connectivity index (χ1) is 6.31. The minimum atomic E-state index is -0.0531. The highest BCUT2D eigenvalue weighted by Gasteiger charge is 2.08. The Morgan fingerprint density at radius 3 is 2.92 bits per heavy atom. The molecule has 0 aliphatic carbocycles. The van der Waals surface area contributed by atoms with Crippen molar-refractivity contribution in [3.8, 4) is 5.75 Å². The zero-order chi connectivity index (χ0) is 9.68. The van der Waals surface area contributed by atoms with E-state index in [1.54, 1.807) is 19.5 Å². The van der Waals surface area contributed by atoms with Crippen molar-refractivity contribution < 1.29 is 9.84 Å². The summed E-state index contributed by atoms with van der Waals surface area (Å²) >= 11 is 0. The van der Waals surface area contributed by atoms with Gasteiger partial charge in [0.25, 0.3) is 0 Å². The largest absolute Gasteiger partial charge is 0.495 e. The molecule has 1 atom stereocenters. The number of rotatable bonds is 4. The third kappa shape index (κ3) is 2.40. The van der Waals surface area contributed by atoms with Gasteiger partial charge < -0.3 is 15.6 Å². The summed E-state index contributed by atoms with van der Waals surface area (Å²) in [6.07, 6.45) is 3.31. The summed E-state index contributed by atoms with van der Waals surface area (Å²) < 4.78 is 5.01. The van der Waals surface area contributed by atoms with Gasteiger partial charge in [0, 0.05) is 18.7 Å². The molecular weight excluding hydrogens is 168 g/mol. The van der Waals surface area contributed by atoms with Gasteiger partial charge in [0.2, 0.25) is 0 Å². The van der Waals surface area contributed by atoms with Gasteiger partial charge in [-0.2, -0.15) is 0 Å². The molecule has 13 heavy (non-hydrogen) atoms. The van der Waals surface area contributed by atoms with Crippen LogP contribution in [0.5, 0.6) is 5.75 Å². The van der Waals surface area contributed by atoms with Crippen molar-refractivity contribution in [2.45, 2.75) is 5.92 Å². The number of pyridine rings is 1. The molecule has 72 valence electrons. The molecule has 1 unspecified atom stereocenters. The van der Waals surface area contributed by atoms with Gasteiger partial charge in [-0.3, -0.25) is 4.98 Å². The molecule has 1 aromatic rings. The lowest BCUT2D eigenvalue weighted by Crippen LogP contribution is -2.16. The summed E-state index contributed by atoms with van der Waals surface area (Å²) in [4.78, 5) is 3.98. The van der Waals surface area contributed by atoms with E-state index in [9.17, 15) is 0 Å². The lowest BCUT2D eigenvalue weighted by Gasteiger charge is -2.11. The number of aromatic nitrogens is 1. The predicted molar refractivity (Wildman–Crippen MR) is 49.7 cm³/mol. The van der Waals surface area contributed by atoms with Crippen molar-refractivity contribution in [3.05, 3.63) is 24.0 Å². The van der Waals surface area contributed by atoms with Gasteiger partial charge in [-0.1, -0.05) is 0 Å². The molecule has 3 N–H and O–H groups in total. The molecule has 0 aromatic carbocycles. The molecule has 0 fully saturated rings. The molecule has 0 radical (unpaired) electrons. The van der Waals surface area contributed by atoms with Gasteiger partial charge in [-0.05, 0) is 11.6 Å². The molecular formula is C9H14N2O2. The summed E-state index contributed by atoms with van der Waals surface area (Å²) in [5.41, 5.74) is 6.39. The Kier molecular flexibility index (Phi) is 3.67. The maximum absolute atomic E-state index is 8.99. The Labute approximate surface area is 77.4 Å².